The number of nitrogens with two attached hydrogens (primary N) is 1. The smallest absolute Gasteiger partial charge is 0.101 e. The van der Waals surface area contributed by atoms with Gasteiger partial charge < -0.3 is 5.73 Å². The molecule has 0 aliphatic rings. The van der Waals surface area contributed by atoms with Crippen LogP contribution in [0.15, 0.2) is 46.5 Å². The molecule has 2 nitrogen and oxygen atoms in total. The van der Waals surface area contributed by atoms with Crippen LogP contribution in [0.3, 0.4) is 0 Å². The van der Waals surface area contributed by atoms with E-state index in [0.717, 1.165) is 9.92 Å². The van der Waals surface area contributed by atoms with Gasteiger partial charge in [0.1, 0.15) is 5.03 Å². The van der Waals surface area contributed by atoms with E-state index < -0.39 is 0 Å². The Morgan fingerprint density at radius 3 is 2.62 bits per heavy atom. The molecule has 5 heteroatoms. The lowest BCUT2D eigenvalue weighted by atomic mass is 10.4. The van der Waals surface area contributed by atoms with E-state index in [-0.39, 0.29) is 0 Å². The number of nitrogens with zero attached hydrogens (tertiary/aromatic N) is 1. The lowest BCUT2D eigenvalue weighted by Crippen LogP contribution is -1.86. The minimum atomic E-state index is 0.640. The maximum Gasteiger partial charge on any atom is 0.101 e. The highest BCUT2D eigenvalue weighted by Gasteiger charge is 2.04. The lowest BCUT2D eigenvalue weighted by Gasteiger charge is -2.04. The van der Waals surface area contributed by atoms with Crippen molar-refractivity contribution in [3.63, 3.8) is 0 Å². The van der Waals surface area contributed by atoms with Crippen LogP contribution in [0.1, 0.15) is 0 Å². The zero-order chi connectivity index (χ0) is 11.5. The number of hydrogen-bond acceptors (Lipinski definition) is 3. The average Bonchev–Trinajstić information content (AvgIpc) is 2.27. The first-order chi connectivity index (χ1) is 7.65. The summed E-state index contributed by atoms with van der Waals surface area (Å²) < 4.78 is 0. The Bertz CT molecular complexity index is 500. The first-order valence-corrected chi connectivity index (χ1v) is 6.07. The molecule has 1 aromatic heterocycles. The largest absolute Gasteiger partial charge is 0.397 e. The molecular formula is C11H8Cl2N2S. The van der Waals surface area contributed by atoms with Crippen LogP contribution in [0.2, 0.25) is 10.0 Å². The van der Waals surface area contributed by atoms with Crippen molar-refractivity contribution in [2.24, 2.45) is 0 Å². The molecule has 0 fully saturated rings. The Morgan fingerprint density at radius 1 is 1.12 bits per heavy atom. The van der Waals surface area contributed by atoms with Crippen LogP contribution in [0, 0.1) is 0 Å². The van der Waals surface area contributed by atoms with Gasteiger partial charge in [0, 0.05) is 9.92 Å². The number of aromatic nitrogens is 1. The summed E-state index contributed by atoms with van der Waals surface area (Å²) in [7, 11) is 0. The Labute approximate surface area is 108 Å². The van der Waals surface area contributed by atoms with E-state index in [0.29, 0.717) is 15.7 Å². The number of nitrogen functional groups attached to an aromatic ring is 1. The molecule has 0 radical (unpaired) electrons. The Hall–Kier alpha value is -0.900. The number of halogens is 2. The summed E-state index contributed by atoms with van der Waals surface area (Å²) in [5.41, 5.74) is 6.20. The van der Waals surface area contributed by atoms with E-state index in [4.69, 9.17) is 28.9 Å². The van der Waals surface area contributed by atoms with Crippen LogP contribution in [0.5, 0.6) is 0 Å². The fourth-order valence-corrected chi connectivity index (χ4v) is 2.41. The van der Waals surface area contributed by atoms with Gasteiger partial charge in [-0.1, -0.05) is 35.0 Å². The highest BCUT2D eigenvalue weighted by molar-refractivity contribution is 7.99. The maximum atomic E-state index is 6.05. The third-order valence-electron chi connectivity index (χ3n) is 1.87. The quantitative estimate of drug-likeness (QED) is 0.892. The van der Waals surface area contributed by atoms with Gasteiger partial charge in [-0.3, -0.25) is 0 Å². The van der Waals surface area contributed by atoms with E-state index in [1.54, 1.807) is 24.4 Å². The van der Waals surface area contributed by atoms with Crippen LogP contribution in [0.4, 0.5) is 5.69 Å². The van der Waals surface area contributed by atoms with E-state index in [2.05, 4.69) is 4.98 Å². The molecule has 2 N–H and O–H groups in total. The van der Waals surface area contributed by atoms with Crippen LogP contribution in [-0.2, 0) is 0 Å². The molecule has 2 aromatic rings. The monoisotopic (exact) mass is 270 g/mol. The van der Waals surface area contributed by atoms with Crippen molar-refractivity contribution < 1.29 is 0 Å². The second-order valence-electron chi connectivity index (χ2n) is 3.11. The number of anilines is 1. The van der Waals surface area contributed by atoms with E-state index in [1.807, 2.05) is 12.1 Å². The van der Waals surface area contributed by atoms with Crippen LogP contribution in [0.25, 0.3) is 0 Å². The van der Waals surface area contributed by atoms with Gasteiger partial charge in [0.2, 0.25) is 0 Å². The van der Waals surface area contributed by atoms with Crippen LogP contribution in [-0.4, -0.2) is 4.98 Å². The van der Waals surface area contributed by atoms with Crippen LogP contribution >= 0.6 is 35.0 Å². The van der Waals surface area contributed by atoms with Gasteiger partial charge >= 0.3 is 0 Å². The molecule has 0 aliphatic heterocycles. The van der Waals surface area contributed by atoms with Crippen molar-refractivity contribution in [1.29, 1.82) is 0 Å². The molecule has 0 saturated carbocycles. The predicted molar refractivity (Wildman–Crippen MR) is 69.2 cm³/mol. The maximum absolute atomic E-state index is 6.05. The molecule has 2 rings (SSSR count). The van der Waals surface area contributed by atoms with Gasteiger partial charge in [-0.05, 0) is 30.3 Å². The number of pyridine rings is 1. The Morgan fingerprint density at radius 2 is 1.94 bits per heavy atom. The molecule has 16 heavy (non-hydrogen) atoms. The molecule has 0 amide bonds. The van der Waals surface area contributed by atoms with Crippen molar-refractivity contribution >= 4 is 40.7 Å². The molecule has 82 valence electrons. The van der Waals surface area contributed by atoms with Crippen molar-refractivity contribution in [2.45, 2.75) is 9.92 Å². The van der Waals surface area contributed by atoms with E-state index in [9.17, 15) is 0 Å². The topological polar surface area (TPSA) is 38.9 Å². The van der Waals surface area contributed by atoms with E-state index >= 15 is 0 Å². The molecule has 0 bridgehead atoms. The Balaban J connectivity index is 2.26. The first-order valence-electron chi connectivity index (χ1n) is 4.49. The average molecular weight is 271 g/mol. The summed E-state index contributed by atoms with van der Waals surface area (Å²) >= 11 is 13.4. The summed E-state index contributed by atoms with van der Waals surface area (Å²) in [5.74, 6) is 0. The first kappa shape index (κ1) is 11.6. The predicted octanol–water partition coefficient (Wildman–Crippen LogP) is 4.12. The Kier molecular flexibility index (Phi) is 3.59. The minimum Gasteiger partial charge on any atom is -0.397 e. The number of rotatable bonds is 2. The summed E-state index contributed by atoms with van der Waals surface area (Å²) in [6.07, 6.45) is 1.61. The summed E-state index contributed by atoms with van der Waals surface area (Å²) in [4.78, 5) is 5.06. The molecular weight excluding hydrogens is 263 g/mol. The second-order valence-corrected chi connectivity index (χ2v) is 5.01. The van der Waals surface area contributed by atoms with E-state index in [1.165, 1.54) is 11.8 Å². The van der Waals surface area contributed by atoms with Crippen molar-refractivity contribution in [3.05, 3.63) is 46.6 Å². The highest BCUT2D eigenvalue weighted by atomic mass is 35.5. The summed E-state index contributed by atoms with van der Waals surface area (Å²) in [5, 5.41) is 2.15. The standard InChI is InChI=1S/C11H8Cl2N2S/c12-7-1-3-9(13)10(5-7)16-11-4-2-8(14)6-15-11/h1-6H,14H2. The highest BCUT2D eigenvalue weighted by Crippen LogP contribution is 2.34. The van der Waals surface area contributed by atoms with Gasteiger partial charge in [-0.15, -0.1) is 0 Å². The minimum absolute atomic E-state index is 0.640. The molecule has 1 aromatic carbocycles. The van der Waals surface area contributed by atoms with Gasteiger partial charge in [-0.25, -0.2) is 4.98 Å². The molecule has 0 saturated heterocycles. The summed E-state index contributed by atoms with van der Waals surface area (Å²) in [6, 6.07) is 8.98. The zero-order valence-electron chi connectivity index (χ0n) is 8.15. The number of hydrogen-bond donors (Lipinski definition) is 1. The second kappa shape index (κ2) is 4.95. The van der Waals surface area contributed by atoms with Gasteiger partial charge in [-0.2, -0.15) is 0 Å². The SMILES string of the molecule is Nc1ccc(Sc2cc(Cl)ccc2Cl)nc1. The molecule has 0 spiro atoms. The molecule has 0 aliphatic carbocycles. The lowest BCUT2D eigenvalue weighted by molar-refractivity contribution is 1.14. The number of benzene rings is 1. The molecule has 0 unspecified atom stereocenters. The van der Waals surface area contributed by atoms with Crippen molar-refractivity contribution in [2.75, 3.05) is 5.73 Å². The summed E-state index contributed by atoms with van der Waals surface area (Å²) in [6.45, 7) is 0. The third-order valence-corrected chi connectivity index (χ3v) is 3.55. The fourth-order valence-electron chi connectivity index (χ4n) is 1.12. The fraction of sp³-hybridized carbons (Fsp3) is 0. The molecule has 0 atom stereocenters. The van der Waals surface area contributed by atoms with Crippen molar-refractivity contribution in [1.82, 2.24) is 4.98 Å². The van der Waals surface area contributed by atoms with Crippen LogP contribution < -0.4 is 5.73 Å². The van der Waals surface area contributed by atoms with Gasteiger partial charge in [0.25, 0.3) is 0 Å². The molecule has 1 heterocycles. The zero-order valence-corrected chi connectivity index (χ0v) is 10.5. The third kappa shape index (κ3) is 2.82. The van der Waals surface area contributed by atoms with Crippen molar-refractivity contribution in [3.8, 4) is 0 Å². The van der Waals surface area contributed by atoms with Gasteiger partial charge in [0.05, 0.1) is 16.9 Å². The van der Waals surface area contributed by atoms with Gasteiger partial charge in [0.15, 0.2) is 0 Å². The normalized spacial score (nSPS) is 10.4.